The molecular formula is C19H23NO3. The van der Waals surface area contributed by atoms with E-state index in [1.807, 2.05) is 49.4 Å². The second-order valence-corrected chi connectivity index (χ2v) is 5.87. The summed E-state index contributed by atoms with van der Waals surface area (Å²) in [6.07, 6.45) is 2.38. The zero-order valence-electron chi connectivity index (χ0n) is 13.5. The SMILES string of the molecule is CC[C@H](Oc1cccc2ccccc12)C(=O)NC[C@H]1CCCO1. The van der Waals surface area contributed by atoms with Gasteiger partial charge in [-0.15, -0.1) is 0 Å². The van der Waals surface area contributed by atoms with Crippen LogP contribution < -0.4 is 10.1 Å². The van der Waals surface area contributed by atoms with Gasteiger partial charge in [0.2, 0.25) is 0 Å². The van der Waals surface area contributed by atoms with E-state index in [1.165, 1.54) is 0 Å². The van der Waals surface area contributed by atoms with Crippen LogP contribution in [-0.4, -0.2) is 31.3 Å². The van der Waals surface area contributed by atoms with Crippen molar-refractivity contribution in [3.8, 4) is 5.75 Å². The average molecular weight is 313 g/mol. The Labute approximate surface area is 136 Å². The third-order valence-electron chi connectivity index (χ3n) is 4.21. The van der Waals surface area contributed by atoms with Gasteiger partial charge in [-0.05, 0) is 30.7 Å². The number of hydrogen-bond donors (Lipinski definition) is 1. The van der Waals surface area contributed by atoms with Crippen molar-refractivity contribution in [2.75, 3.05) is 13.2 Å². The van der Waals surface area contributed by atoms with E-state index in [1.54, 1.807) is 0 Å². The van der Waals surface area contributed by atoms with Crippen LogP contribution in [0.5, 0.6) is 5.75 Å². The monoisotopic (exact) mass is 313 g/mol. The molecule has 1 aliphatic heterocycles. The fourth-order valence-electron chi connectivity index (χ4n) is 2.91. The maximum absolute atomic E-state index is 12.4. The number of benzene rings is 2. The van der Waals surface area contributed by atoms with Crippen molar-refractivity contribution in [3.05, 3.63) is 42.5 Å². The summed E-state index contributed by atoms with van der Waals surface area (Å²) in [6.45, 7) is 3.32. The van der Waals surface area contributed by atoms with Crippen molar-refractivity contribution in [2.24, 2.45) is 0 Å². The Morgan fingerprint density at radius 1 is 1.30 bits per heavy atom. The van der Waals surface area contributed by atoms with Crippen molar-refractivity contribution in [2.45, 2.75) is 38.4 Å². The number of amides is 1. The van der Waals surface area contributed by atoms with E-state index in [0.717, 1.165) is 36.0 Å². The van der Waals surface area contributed by atoms with Gasteiger partial charge >= 0.3 is 0 Å². The van der Waals surface area contributed by atoms with E-state index in [-0.39, 0.29) is 12.0 Å². The van der Waals surface area contributed by atoms with Crippen molar-refractivity contribution >= 4 is 16.7 Å². The maximum atomic E-state index is 12.4. The first-order valence-corrected chi connectivity index (χ1v) is 8.31. The predicted molar refractivity (Wildman–Crippen MR) is 90.6 cm³/mol. The van der Waals surface area contributed by atoms with E-state index in [0.29, 0.717) is 13.0 Å². The Morgan fingerprint density at radius 2 is 2.13 bits per heavy atom. The molecule has 0 aromatic heterocycles. The van der Waals surface area contributed by atoms with Crippen molar-refractivity contribution in [1.82, 2.24) is 5.32 Å². The summed E-state index contributed by atoms with van der Waals surface area (Å²) in [5, 5.41) is 5.09. The van der Waals surface area contributed by atoms with Crippen LogP contribution in [0.3, 0.4) is 0 Å². The fraction of sp³-hybridized carbons (Fsp3) is 0.421. The molecule has 0 aliphatic carbocycles. The third kappa shape index (κ3) is 3.82. The Kier molecular flexibility index (Phi) is 5.13. The highest BCUT2D eigenvalue weighted by Crippen LogP contribution is 2.26. The number of carbonyl (C=O) groups excluding carboxylic acids is 1. The molecule has 0 radical (unpaired) electrons. The molecule has 2 atom stereocenters. The maximum Gasteiger partial charge on any atom is 0.261 e. The van der Waals surface area contributed by atoms with Gasteiger partial charge in [-0.3, -0.25) is 4.79 Å². The van der Waals surface area contributed by atoms with Crippen LogP contribution in [0, 0.1) is 0 Å². The molecule has 122 valence electrons. The molecule has 1 heterocycles. The van der Waals surface area contributed by atoms with Gasteiger partial charge in [-0.2, -0.15) is 0 Å². The lowest BCUT2D eigenvalue weighted by atomic mass is 10.1. The molecule has 0 spiro atoms. The summed E-state index contributed by atoms with van der Waals surface area (Å²) in [7, 11) is 0. The molecule has 1 fully saturated rings. The van der Waals surface area contributed by atoms with Crippen molar-refractivity contribution in [3.63, 3.8) is 0 Å². The average Bonchev–Trinajstić information content (AvgIpc) is 3.11. The molecule has 1 amide bonds. The van der Waals surface area contributed by atoms with Gasteiger partial charge in [0, 0.05) is 18.5 Å². The molecule has 4 heteroatoms. The minimum absolute atomic E-state index is 0.0732. The summed E-state index contributed by atoms with van der Waals surface area (Å²) in [5.74, 6) is 0.679. The summed E-state index contributed by atoms with van der Waals surface area (Å²) in [5.41, 5.74) is 0. The summed E-state index contributed by atoms with van der Waals surface area (Å²) >= 11 is 0. The standard InChI is InChI=1S/C19H23NO3/c1-2-17(19(21)20-13-15-9-6-12-22-15)23-18-11-5-8-14-7-3-4-10-16(14)18/h3-5,7-8,10-11,15,17H,2,6,9,12-13H2,1H3,(H,20,21)/t15-,17+/m1/s1. The van der Waals surface area contributed by atoms with Crippen LogP contribution in [0.2, 0.25) is 0 Å². The third-order valence-corrected chi connectivity index (χ3v) is 4.21. The van der Waals surface area contributed by atoms with Gasteiger partial charge in [-0.25, -0.2) is 0 Å². The molecule has 0 saturated carbocycles. The first kappa shape index (κ1) is 15.8. The van der Waals surface area contributed by atoms with Gasteiger partial charge < -0.3 is 14.8 Å². The van der Waals surface area contributed by atoms with Crippen LogP contribution in [-0.2, 0) is 9.53 Å². The van der Waals surface area contributed by atoms with Crippen LogP contribution in [0.25, 0.3) is 10.8 Å². The summed E-state index contributed by atoms with van der Waals surface area (Å²) in [4.78, 5) is 12.4. The van der Waals surface area contributed by atoms with Gasteiger partial charge in [0.25, 0.3) is 5.91 Å². The largest absolute Gasteiger partial charge is 0.480 e. The molecular weight excluding hydrogens is 290 g/mol. The van der Waals surface area contributed by atoms with Gasteiger partial charge in [0.15, 0.2) is 6.10 Å². The molecule has 3 rings (SSSR count). The highest BCUT2D eigenvalue weighted by molar-refractivity contribution is 5.89. The summed E-state index contributed by atoms with van der Waals surface area (Å²) in [6, 6.07) is 13.9. The Balaban J connectivity index is 1.66. The number of rotatable bonds is 6. The first-order chi connectivity index (χ1) is 11.3. The topological polar surface area (TPSA) is 47.6 Å². The number of ether oxygens (including phenoxy) is 2. The minimum atomic E-state index is -0.484. The predicted octanol–water partition coefficient (Wildman–Crippen LogP) is 3.29. The first-order valence-electron chi connectivity index (χ1n) is 8.31. The van der Waals surface area contributed by atoms with Crippen LogP contribution in [0.1, 0.15) is 26.2 Å². The number of hydrogen-bond acceptors (Lipinski definition) is 3. The van der Waals surface area contributed by atoms with Gasteiger partial charge in [-0.1, -0.05) is 43.3 Å². The number of nitrogens with one attached hydrogen (secondary N) is 1. The second kappa shape index (κ2) is 7.47. The minimum Gasteiger partial charge on any atom is -0.480 e. The molecule has 0 bridgehead atoms. The van der Waals surface area contributed by atoms with E-state index < -0.39 is 6.10 Å². The zero-order chi connectivity index (χ0) is 16.1. The van der Waals surface area contributed by atoms with E-state index >= 15 is 0 Å². The van der Waals surface area contributed by atoms with Crippen LogP contribution in [0.15, 0.2) is 42.5 Å². The molecule has 1 aliphatic rings. The summed E-state index contributed by atoms with van der Waals surface area (Å²) < 4.78 is 11.5. The molecule has 4 nitrogen and oxygen atoms in total. The Hall–Kier alpha value is -2.07. The Bertz CT molecular complexity index is 659. The second-order valence-electron chi connectivity index (χ2n) is 5.87. The Morgan fingerprint density at radius 3 is 2.91 bits per heavy atom. The van der Waals surface area contributed by atoms with E-state index in [4.69, 9.17) is 9.47 Å². The quantitative estimate of drug-likeness (QED) is 0.890. The smallest absolute Gasteiger partial charge is 0.261 e. The molecule has 1 N–H and O–H groups in total. The van der Waals surface area contributed by atoms with Crippen molar-refractivity contribution < 1.29 is 14.3 Å². The van der Waals surface area contributed by atoms with Gasteiger partial charge in [0.1, 0.15) is 5.75 Å². The van der Waals surface area contributed by atoms with Crippen LogP contribution >= 0.6 is 0 Å². The molecule has 1 saturated heterocycles. The molecule has 2 aromatic rings. The normalized spacial score (nSPS) is 18.7. The van der Waals surface area contributed by atoms with Gasteiger partial charge in [0.05, 0.1) is 6.10 Å². The highest BCUT2D eigenvalue weighted by Gasteiger charge is 2.22. The molecule has 0 unspecified atom stereocenters. The number of carbonyl (C=O) groups is 1. The lowest BCUT2D eigenvalue weighted by Gasteiger charge is -2.19. The van der Waals surface area contributed by atoms with E-state index in [2.05, 4.69) is 5.32 Å². The molecule has 23 heavy (non-hydrogen) atoms. The number of fused-ring (bicyclic) bond motifs is 1. The van der Waals surface area contributed by atoms with E-state index in [9.17, 15) is 4.79 Å². The fourth-order valence-corrected chi connectivity index (χ4v) is 2.91. The zero-order valence-corrected chi connectivity index (χ0v) is 13.5. The lowest BCUT2D eigenvalue weighted by Crippen LogP contribution is -2.41. The lowest BCUT2D eigenvalue weighted by molar-refractivity contribution is -0.128. The highest BCUT2D eigenvalue weighted by atomic mass is 16.5. The van der Waals surface area contributed by atoms with Crippen LogP contribution in [0.4, 0.5) is 0 Å². The molecule has 2 aromatic carbocycles. The van der Waals surface area contributed by atoms with Crippen molar-refractivity contribution in [1.29, 1.82) is 0 Å².